The minimum atomic E-state index is 0.0840. The Kier molecular flexibility index (Phi) is 2.72. The fourth-order valence-corrected chi connectivity index (χ4v) is 3.43. The summed E-state index contributed by atoms with van der Waals surface area (Å²) in [5, 5.41) is 4.34. The molecule has 0 aromatic heterocycles. The maximum atomic E-state index is 12.1. The third kappa shape index (κ3) is 1.98. The van der Waals surface area contributed by atoms with Crippen molar-refractivity contribution in [2.24, 2.45) is 22.9 Å². The number of allylic oxidation sites excluding steroid dienone is 2. The zero-order valence-corrected chi connectivity index (χ0v) is 11.3. The molecule has 4 atom stereocenters. The van der Waals surface area contributed by atoms with E-state index in [4.69, 9.17) is 0 Å². The monoisotopic (exact) mass is 266 g/mol. The lowest BCUT2D eigenvalue weighted by Crippen LogP contribution is -2.35. The number of fused-ring (bicyclic) bond motifs is 1. The van der Waals surface area contributed by atoms with Crippen LogP contribution in [-0.4, -0.2) is 11.6 Å². The van der Waals surface area contributed by atoms with Crippen LogP contribution in [0, 0.1) is 17.8 Å². The molecule has 3 aliphatic rings. The number of rotatable bonds is 3. The maximum Gasteiger partial charge on any atom is 0.243 e. The Bertz CT molecular complexity index is 590. The van der Waals surface area contributed by atoms with Crippen LogP contribution in [0.4, 0.5) is 0 Å². The van der Waals surface area contributed by atoms with E-state index in [9.17, 15) is 4.79 Å². The van der Waals surface area contributed by atoms with Crippen LogP contribution < -0.4 is 5.43 Å². The molecule has 0 heterocycles. The first-order valence-electron chi connectivity index (χ1n) is 7.41. The Balaban J connectivity index is 1.33. The van der Waals surface area contributed by atoms with Crippen molar-refractivity contribution in [3.05, 3.63) is 48.0 Å². The first-order valence-corrected chi connectivity index (χ1v) is 7.41. The summed E-state index contributed by atoms with van der Waals surface area (Å²) in [7, 11) is 0. The summed E-state index contributed by atoms with van der Waals surface area (Å²) < 4.78 is 0. The average Bonchev–Trinajstić information content (AvgIpc) is 3.18. The standard InChI is InChI=1S/C17H18N2O/c20-17(15-10-14(15)11-5-2-1-3-6-11)19-18-16-9-12-7-4-8-13(12)16/h1-7,12-15H,8-10H2,(H,19,20)/b18-16+/t12-,13-,14-,15-/m1/s1. The Morgan fingerprint density at radius 3 is 2.85 bits per heavy atom. The Morgan fingerprint density at radius 1 is 1.20 bits per heavy atom. The SMILES string of the molecule is O=C(N/N=C1\C[C@H]2C=CC[C@@H]12)[C@@H]1C[C@@H]1c1ccccc1. The predicted octanol–water partition coefficient (Wildman–Crippen LogP) is 2.86. The van der Waals surface area contributed by atoms with Crippen LogP contribution in [0.25, 0.3) is 0 Å². The number of carbonyl (C=O) groups is 1. The highest BCUT2D eigenvalue weighted by molar-refractivity contribution is 5.95. The van der Waals surface area contributed by atoms with Gasteiger partial charge in [-0.05, 0) is 36.7 Å². The van der Waals surface area contributed by atoms with E-state index < -0.39 is 0 Å². The number of amides is 1. The van der Waals surface area contributed by atoms with Gasteiger partial charge in [0.25, 0.3) is 0 Å². The highest BCUT2D eigenvalue weighted by Crippen LogP contribution is 2.47. The van der Waals surface area contributed by atoms with Crippen LogP contribution in [0.15, 0.2) is 47.6 Å². The van der Waals surface area contributed by atoms with Crippen molar-refractivity contribution in [1.82, 2.24) is 5.43 Å². The molecule has 0 unspecified atom stereocenters. The first kappa shape index (κ1) is 11.9. The van der Waals surface area contributed by atoms with Crippen molar-refractivity contribution in [2.45, 2.75) is 25.2 Å². The lowest BCUT2D eigenvalue weighted by atomic mass is 9.74. The number of hydrogen-bond donors (Lipinski definition) is 1. The third-order valence-corrected chi connectivity index (χ3v) is 4.83. The fourth-order valence-electron chi connectivity index (χ4n) is 3.43. The molecule has 0 radical (unpaired) electrons. The minimum absolute atomic E-state index is 0.0840. The lowest BCUT2D eigenvalue weighted by molar-refractivity contribution is -0.122. The molecule has 0 spiro atoms. The number of nitrogens with zero attached hydrogens (tertiary/aromatic N) is 1. The van der Waals surface area contributed by atoms with Crippen LogP contribution in [-0.2, 0) is 4.79 Å². The van der Waals surface area contributed by atoms with Gasteiger partial charge in [0.2, 0.25) is 5.91 Å². The molecule has 0 aliphatic heterocycles. The molecule has 1 amide bonds. The van der Waals surface area contributed by atoms with Gasteiger partial charge in [-0.15, -0.1) is 0 Å². The minimum Gasteiger partial charge on any atom is -0.273 e. The quantitative estimate of drug-likeness (QED) is 0.663. The molecule has 2 saturated carbocycles. The van der Waals surface area contributed by atoms with Crippen LogP contribution in [0.3, 0.4) is 0 Å². The van der Waals surface area contributed by atoms with Crippen molar-refractivity contribution in [3.8, 4) is 0 Å². The highest BCUT2D eigenvalue weighted by Gasteiger charge is 2.44. The van der Waals surface area contributed by atoms with Crippen molar-refractivity contribution in [3.63, 3.8) is 0 Å². The summed E-state index contributed by atoms with van der Waals surface area (Å²) in [5.74, 6) is 1.84. The largest absolute Gasteiger partial charge is 0.273 e. The van der Waals surface area contributed by atoms with Crippen molar-refractivity contribution >= 4 is 11.6 Å². The molecule has 3 aliphatic carbocycles. The topological polar surface area (TPSA) is 41.5 Å². The summed E-state index contributed by atoms with van der Waals surface area (Å²) in [6, 6.07) is 10.3. The Hall–Kier alpha value is -1.90. The van der Waals surface area contributed by atoms with Gasteiger partial charge in [-0.1, -0.05) is 42.5 Å². The van der Waals surface area contributed by atoms with Crippen LogP contribution in [0.1, 0.15) is 30.7 Å². The van der Waals surface area contributed by atoms with Gasteiger partial charge in [0.15, 0.2) is 0 Å². The summed E-state index contributed by atoms with van der Waals surface area (Å²) in [6.07, 6.45) is 7.57. The van der Waals surface area contributed by atoms with Crippen LogP contribution in [0.2, 0.25) is 0 Å². The van der Waals surface area contributed by atoms with Crippen molar-refractivity contribution < 1.29 is 4.79 Å². The van der Waals surface area contributed by atoms with Gasteiger partial charge in [-0.3, -0.25) is 4.79 Å². The molecule has 1 N–H and O–H groups in total. The van der Waals surface area contributed by atoms with Gasteiger partial charge in [-0.25, -0.2) is 5.43 Å². The number of benzene rings is 1. The van der Waals surface area contributed by atoms with E-state index in [0.717, 1.165) is 19.3 Å². The number of hydrogen-bond acceptors (Lipinski definition) is 2. The van der Waals surface area contributed by atoms with Gasteiger partial charge < -0.3 is 0 Å². The molecule has 102 valence electrons. The smallest absolute Gasteiger partial charge is 0.243 e. The maximum absolute atomic E-state index is 12.1. The van der Waals surface area contributed by atoms with Gasteiger partial charge >= 0.3 is 0 Å². The summed E-state index contributed by atoms with van der Waals surface area (Å²) >= 11 is 0. The fraction of sp³-hybridized carbons (Fsp3) is 0.412. The first-order chi connectivity index (χ1) is 9.83. The van der Waals surface area contributed by atoms with E-state index in [2.05, 4.69) is 34.8 Å². The average molecular weight is 266 g/mol. The summed E-state index contributed by atoms with van der Waals surface area (Å²) in [6.45, 7) is 0. The second-order valence-electron chi connectivity index (χ2n) is 6.08. The molecular weight excluding hydrogens is 248 g/mol. The van der Waals surface area contributed by atoms with Crippen LogP contribution in [0.5, 0.6) is 0 Å². The van der Waals surface area contributed by atoms with Gasteiger partial charge in [0, 0.05) is 17.5 Å². The third-order valence-electron chi connectivity index (χ3n) is 4.83. The van der Waals surface area contributed by atoms with Gasteiger partial charge in [0.1, 0.15) is 0 Å². The Labute approximate surface area is 118 Å². The van der Waals surface area contributed by atoms with Crippen molar-refractivity contribution in [2.75, 3.05) is 0 Å². The van der Waals surface area contributed by atoms with Gasteiger partial charge in [0.05, 0.1) is 0 Å². The molecular formula is C17H18N2O. The zero-order valence-electron chi connectivity index (χ0n) is 11.3. The molecule has 0 saturated heterocycles. The number of hydrazone groups is 1. The molecule has 3 nitrogen and oxygen atoms in total. The second-order valence-corrected chi connectivity index (χ2v) is 6.08. The molecule has 4 rings (SSSR count). The summed E-state index contributed by atoms with van der Waals surface area (Å²) in [5.41, 5.74) is 5.22. The zero-order chi connectivity index (χ0) is 13.5. The molecule has 0 bridgehead atoms. The Morgan fingerprint density at radius 2 is 2.05 bits per heavy atom. The van der Waals surface area contributed by atoms with Crippen molar-refractivity contribution in [1.29, 1.82) is 0 Å². The molecule has 2 fully saturated rings. The second kappa shape index (κ2) is 4.58. The van der Waals surface area contributed by atoms with E-state index in [1.54, 1.807) is 0 Å². The molecule has 20 heavy (non-hydrogen) atoms. The van der Waals surface area contributed by atoms with E-state index in [1.165, 1.54) is 11.3 Å². The van der Waals surface area contributed by atoms with Gasteiger partial charge in [-0.2, -0.15) is 5.10 Å². The van der Waals surface area contributed by atoms with Crippen LogP contribution >= 0.6 is 0 Å². The summed E-state index contributed by atoms with van der Waals surface area (Å²) in [4.78, 5) is 12.1. The predicted molar refractivity (Wildman–Crippen MR) is 78.2 cm³/mol. The lowest BCUT2D eigenvalue weighted by Gasteiger charge is -2.31. The van der Waals surface area contributed by atoms with E-state index in [1.807, 2.05) is 18.2 Å². The highest BCUT2D eigenvalue weighted by atomic mass is 16.2. The molecule has 3 heteroatoms. The molecule has 1 aromatic rings. The number of nitrogens with one attached hydrogen (secondary N) is 1. The van der Waals surface area contributed by atoms with E-state index >= 15 is 0 Å². The van der Waals surface area contributed by atoms with E-state index in [0.29, 0.717) is 17.8 Å². The number of carbonyl (C=O) groups excluding carboxylic acids is 1. The van der Waals surface area contributed by atoms with E-state index in [-0.39, 0.29) is 11.8 Å². The normalized spacial score (nSPS) is 35.5. The molecule has 1 aromatic carbocycles.